The van der Waals surface area contributed by atoms with Gasteiger partial charge in [-0.3, -0.25) is 0 Å². The Hall–Kier alpha value is -0.580. The molecular weight excluding hydrogens is 249 g/mol. The van der Waals surface area contributed by atoms with E-state index in [0.717, 1.165) is 30.8 Å². The normalized spacial score (nSPS) is 22.9. The van der Waals surface area contributed by atoms with E-state index in [1.165, 1.54) is 6.07 Å². The van der Waals surface area contributed by atoms with Crippen LogP contribution in [0.4, 0.5) is 4.39 Å². The molecular formula is C14H20FNOS. The van der Waals surface area contributed by atoms with E-state index in [1.807, 2.05) is 13.0 Å². The van der Waals surface area contributed by atoms with Crippen molar-refractivity contribution in [1.29, 1.82) is 0 Å². The topological polar surface area (TPSA) is 35.2 Å². The molecule has 0 aliphatic carbocycles. The molecule has 1 aromatic carbocycles. The molecule has 1 aliphatic rings. The minimum Gasteiger partial charge on any atom is -0.377 e. The number of rotatable bonds is 5. The van der Waals surface area contributed by atoms with Crippen molar-refractivity contribution >= 4 is 11.8 Å². The lowest BCUT2D eigenvalue weighted by molar-refractivity contribution is 0.128. The lowest BCUT2D eigenvalue weighted by Gasteiger charge is -2.22. The van der Waals surface area contributed by atoms with Gasteiger partial charge in [0.05, 0.1) is 6.10 Å². The fourth-order valence-corrected chi connectivity index (χ4v) is 3.55. The number of hydrogen-bond donors (Lipinski definition) is 1. The van der Waals surface area contributed by atoms with Crippen molar-refractivity contribution in [2.75, 3.05) is 12.4 Å². The molecule has 0 radical (unpaired) electrons. The second kappa shape index (κ2) is 6.55. The van der Waals surface area contributed by atoms with E-state index >= 15 is 0 Å². The van der Waals surface area contributed by atoms with Crippen molar-refractivity contribution in [2.24, 2.45) is 5.73 Å². The summed E-state index contributed by atoms with van der Waals surface area (Å²) in [5, 5.41) is 0.130. The van der Waals surface area contributed by atoms with Crippen molar-refractivity contribution in [3.63, 3.8) is 0 Å². The van der Waals surface area contributed by atoms with Crippen molar-refractivity contribution in [1.82, 2.24) is 0 Å². The van der Waals surface area contributed by atoms with E-state index in [2.05, 4.69) is 0 Å². The average molecular weight is 269 g/mol. The molecule has 2 N–H and O–H groups in total. The lowest BCUT2D eigenvalue weighted by Crippen LogP contribution is -2.24. The molecule has 1 aliphatic heterocycles. The molecule has 18 heavy (non-hydrogen) atoms. The van der Waals surface area contributed by atoms with E-state index in [9.17, 15) is 4.39 Å². The first-order chi connectivity index (χ1) is 8.66. The van der Waals surface area contributed by atoms with Crippen molar-refractivity contribution in [2.45, 2.75) is 37.2 Å². The van der Waals surface area contributed by atoms with Crippen LogP contribution in [-0.4, -0.2) is 24.5 Å². The van der Waals surface area contributed by atoms with Gasteiger partial charge in [-0.15, -0.1) is 11.8 Å². The highest BCUT2D eigenvalue weighted by atomic mass is 32.2. The van der Waals surface area contributed by atoms with E-state index in [-0.39, 0.29) is 17.1 Å². The maximum absolute atomic E-state index is 13.3. The maximum atomic E-state index is 13.3. The molecule has 0 amide bonds. The van der Waals surface area contributed by atoms with Gasteiger partial charge in [-0.1, -0.05) is 12.1 Å². The largest absolute Gasteiger partial charge is 0.377 e. The summed E-state index contributed by atoms with van der Waals surface area (Å²) in [6.07, 6.45) is 2.61. The monoisotopic (exact) mass is 269 g/mol. The average Bonchev–Trinajstić information content (AvgIpc) is 2.82. The third-order valence-corrected chi connectivity index (χ3v) is 4.77. The summed E-state index contributed by atoms with van der Waals surface area (Å²) in [5.41, 5.74) is 6.99. The van der Waals surface area contributed by atoms with Crippen molar-refractivity contribution < 1.29 is 9.13 Å². The number of nitrogens with two attached hydrogens (primary N) is 1. The van der Waals surface area contributed by atoms with Gasteiger partial charge in [0.1, 0.15) is 5.82 Å². The molecule has 100 valence electrons. The molecule has 3 unspecified atom stereocenters. The van der Waals surface area contributed by atoms with Crippen molar-refractivity contribution in [3.8, 4) is 0 Å². The fraction of sp³-hybridized carbons (Fsp3) is 0.571. The fourth-order valence-electron chi connectivity index (χ4n) is 2.22. The van der Waals surface area contributed by atoms with Crippen molar-refractivity contribution in [3.05, 3.63) is 35.6 Å². The van der Waals surface area contributed by atoms with Crippen LogP contribution in [0.15, 0.2) is 24.3 Å². The van der Waals surface area contributed by atoms with E-state index in [4.69, 9.17) is 10.5 Å². The highest BCUT2D eigenvalue weighted by Crippen LogP contribution is 2.33. The first-order valence-corrected chi connectivity index (χ1v) is 7.46. The highest BCUT2D eigenvalue weighted by molar-refractivity contribution is 7.99. The van der Waals surface area contributed by atoms with Gasteiger partial charge in [0.15, 0.2) is 0 Å². The van der Waals surface area contributed by atoms with Gasteiger partial charge in [-0.25, -0.2) is 4.39 Å². The summed E-state index contributed by atoms with van der Waals surface area (Å²) >= 11 is 1.77. The van der Waals surface area contributed by atoms with Gasteiger partial charge < -0.3 is 10.5 Å². The van der Waals surface area contributed by atoms with Gasteiger partial charge in [0, 0.05) is 23.7 Å². The predicted octanol–water partition coefficient (Wildman–Crippen LogP) is 3.13. The Balaban J connectivity index is 1.99. The number of thioether (sulfide) groups is 1. The van der Waals surface area contributed by atoms with E-state index in [0.29, 0.717) is 6.10 Å². The molecule has 2 nitrogen and oxygen atoms in total. The Morgan fingerprint density at radius 1 is 1.56 bits per heavy atom. The van der Waals surface area contributed by atoms with Crippen LogP contribution in [0, 0.1) is 5.82 Å². The van der Waals surface area contributed by atoms with Crippen LogP contribution >= 0.6 is 11.8 Å². The summed E-state index contributed by atoms with van der Waals surface area (Å²) in [6.45, 7) is 2.84. The molecule has 3 atom stereocenters. The second-order valence-electron chi connectivity index (χ2n) is 4.80. The summed E-state index contributed by atoms with van der Waals surface area (Å²) in [5.74, 6) is 0.735. The van der Waals surface area contributed by atoms with Crippen LogP contribution in [-0.2, 0) is 4.74 Å². The number of hydrogen-bond acceptors (Lipinski definition) is 3. The molecule has 1 aromatic rings. The molecule has 1 fully saturated rings. The predicted molar refractivity (Wildman–Crippen MR) is 74.2 cm³/mol. The minimum atomic E-state index is -0.198. The zero-order valence-electron chi connectivity index (χ0n) is 10.6. The van der Waals surface area contributed by atoms with Crippen LogP contribution < -0.4 is 5.73 Å². The third-order valence-electron chi connectivity index (χ3n) is 3.14. The van der Waals surface area contributed by atoms with Gasteiger partial charge in [-0.2, -0.15) is 0 Å². The summed E-state index contributed by atoms with van der Waals surface area (Å²) in [4.78, 5) is 0. The Bertz CT molecular complexity index is 380. The third kappa shape index (κ3) is 3.70. The van der Waals surface area contributed by atoms with Gasteiger partial charge in [-0.05, 0) is 37.5 Å². The Morgan fingerprint density at radius 3 is 3.00 bits per heavy atom. The number of ether oxygens (including phenoxy) is 1. The molecule has 2 rings (SSSR count). The maximum Gasteiger partial charge on any atom is 0.123 e. The summed E-state index contributed by atoms with van der Waals surface area (Å²) < 4.78 is 18.9. The Labute approximate surface area is 112 Å². The number of benzene rings is 1. The standard InChI is InChI=1S/C14H20FNOS/c1-10(16)14(11-4-2-5-12(15)8-11)18-9-13-6-3-7-17-13/h2,4-5,8,10,13-14H,3,6-7,9,16H2,1H3. The first kappa shape index (κ1) is 13.8. The van der Waals surface area contributed by atoms with Gasteiger partial charge >= 0.3 is 0 Å². The van der Waals surface area contributed by atoms with Crippen LogP contribution in [0.3, 0.4) is 0 Å². The molecule has 0 aromatic heterocycles. The summed E-state index contributed by atoms with van der Waals surface area (Å²) in [7, 11) is 0. The molecule has 0 saturated carbocycles. The first-order valence-electron chi connectivity index (χ1n) is 6.41. The Morgan fingerprint density at radius 2 is 2.39 bits per heavy atom. The smallest absolute Gasteiger partial charge is 0.123 e. The summed E-state index contributed by atoms with van der Waals surface area (Å²) in [6, 6.07) is 6.73. The van der Waals surface area contributed by atoms with Crippen LogP contribution in [0.25, 0.3) is 0 Å². The second-order valence-corrected chi connectivity index (χ2v) is 5.98. The lowest BCUT2D eigenvalue weighted by atomic mass is 10.1. The minimum absolute atomic E-state index is 0.00166. The molecule has 1 heterocycles. The van der Waals surface area contributed by atoms with E-state index < -0.39 is 0 Å². The number of halogens is 1. The molecule has 1 saturated heterocycles. The van der Waals surface area contributed by atoms with Gasteiger partial charge in [0.2, 0.25) is 0 Å². The van der Waals surface area contributed by atoms with E-state index in [1.54, 1.807) is 23.9 Å². The van der Waals surface area contributed by atoms with Crippen LogP contribution in [0.2, 0.25) is 0 Å². The van der Waals surface area contributed by atoms with Gasteiger partial charge in [0.25, 0.3) is 0 Å². The SMILES string of the molecule is CC(N)C(SCC1CCCO1)c1cccc(F)c1. The highest BCUT2D eigenvalue weighted by Gasteiger charge is 2.21. The quantitative estimate of drug-likeness (QED) is 0.892. The molecule has 0 bridgehead atoms. The zero-order valence-corrected chi connectivity index (χ0v) is 11.5. The zero-order chi connectivity index (χ0) is 13.0. The van der Waals surface area contributed by atoms with Crippen LogP contribution in [0.1, 0.15) is 30.6 Å². The Kier molecular flexibility index (Phi) is 5.03. The van der Waals surface area contributed by atoms with Crippen LogP contribution in [0.5, 0.6) is 0 Å². The molecule has 4 heteroatoms. The molecule has 0 spiro atoms.